The number of ether oxygens (including phenoxy) is 1. The van der Waals surface area contributed by atoms with Gasteiger partial charge in [-0.15, -0.1) is 0 Å². The van der Waals surface area contributed by atoms with E-state index in [9.17, 15) is 14.4 Å². The Morgan fingerprint density at radius 1 is 1.06 bits per heavy atom. The summed E-state index contributed by atoms with van der Waals surface area (Å²) in [5.41, 5.74) is 2.83. The van der Waals surface area contributed by atoms with Gasteiger partial charge < -0.3 is 20.7 Å². The van der Waals surface area contributed by atoms with Gasteiger partial charge in [0.15, 0.2) is 0 Å². The highest BCUT2D eigenvalue weighted by Crippen LogP contribution is 2.32. The van der Waals surface area contributed by atoms with E-state index in [-0.39, 0.29) is 18.6 Å². The van der Waals surface area contributed by atoms with Crippen LogP contribution in [0, 0.1) is 5.92 Å². The van der Waals surface area contributed by atoms with Crippen LogP contribution >= 0.6 is 0 Å². The summed E-state index contributed by atoms with van der Waals surface area (Å²) >= 11 is 0. The molecule has 0 aromatic heterocycles. The van der Waals surface area contributed by atoms with E-state index in [0.29, 0.717) is 34.8 Å². The second-order valence-corrected chi connectivity index (χ2v) is 8.60. The molecule has 1 heterocycles. The maximum Gasteiger partial charge on any atom is 0.338 e. The van der Waals surface area contributed by atoms with Crippen LogP contribution in [0.5, 0.6) is 0 Å². The lowest BCUT2D eigenvalue weighted by atomic mass is 9.94. The zero-order valence-corrected chi connectivity index (χ0v) is 20.1. The van der Waals surface area contributed by atoms with E-state index in [1.54, 1.807) is 42.2 Å². The van der Waals surface area contributed by atoms with Crippen molar-refractivity contribution in [3.63, 3.8) is 0 Å². The van der Waals surface area contributed by atoms with E-state index in [0.717, 1.165) is 6.42 Å². The lowest BCUT2D eigenvalue weighted by molar-refractivity contribution is -0.140. The van der Waals surface area contributed by atoms with Crippen LogP contribution in [0.25, 0.3) is 0 Å². The van der Waals surface area contributed by atoms with Crippen LogP contribution in [0.2, 0.25) is 0 Å². The number of hydrogen-bond donors (Lipinski definition) is 3. The molecule has 0 bridgehead atoms. The van der Waals surface area contributed by atoms with Gasteiger partial charge in [-0.25, -0.2) is 14.4 Å². The number of esters is 1. The van der Waals surface area contributed by atoms with Crippen LogP contribution in [-0.4, -0.2) is 36.1 Å². The Morgan fingerprint density at radius 3 is 2.41 bits per heavy atom. The van der Waals surface area contributed by atoms with Gasteiger partial charge in [-0.1, -0.05) is 51.1 Å². The highest BCUT2D eigenvalue weighted by molar-refractivity contribution is 6.00. The fourth-order valence-electron chi connectivity index (χ4n) is 3.72. The van der Waals surface area contributed by atoms with Crippen LogP contribution in [0.4, 0.5) is 21.0 Å². The first kappa shape index (κ1) is 24.8. The van der Waals surface area contributed by atoms with Crippen molar-refractivity contribution in [2.75, 3.05) is 23.8 Å². The maximum absolute atomic E-state index is 13.1. The number of nitrogens with zero attached hydrogens (tertiary/aromatic N) is 1. The third kappa shape index (κ3) is 6.15. The first-order valence-electron chi connectivity index (χ1n) is 11.5. The average molecular weight is 465 g/mol. The Morgan fingerprint density at radius 2 is 1.74 bits per heavy atom. The number of amides is 4. The van der Waals surface area contributed by atoms with Gasteiger partial charge in [0.1, 0.15) is 0 Å². The predicted octanol–water partition coefficient (Wildman–Crippen LogP) is 5.28. The Balaban J connectivity index is 1.87. The molecular weight excluding hydrogens is 432 g/mol. The maximum atomic E-state index is 13.1. The fourth-order valence-corrected chi connectivity index (χ4v) is 3.72. The average Bonchev–Trinajstić information content (AvgIpc) is 2.80. The molecule has 2 aromatic carbocycles. The van der Waals surface area contributed by atoms with Crippen molar-refractivity contribution in [2.45, 2.75) is 40.2 Å². The number of carbonyl (C=O) groups is 3. The van der Waals surface area contributed by atoms with Gasteiger partial charge in [-0.3, -0.25) is 4.90 Å². The first-order chi connectivity index (χ1) is 16.3. The largest absolute Gasteiger partial charge is 0.462 e. The SMILES string of the molecule is CCCN1C(=O)NC(c2cccc(NC(=O)Nc3ccccc3)c2)C(C(=O)OCC(C)C)=C1C. The van der Waals surface area contributed by atoms with Crippen LogP contribution < -0.4 is 16.0 Å². The Labute approximate surface area is 200 Å². The molecule has 3 N–H and O–H groups in total. The quantitative estimate of drug-likeness (QED) is 0.463. The van der Waals surface area contributed by atoms with Crippen molar-refractivity contribution in [1.82, 2.24) is 10.2 Å². The molecular formula is C26H32N4O4. The summed E-state index contributed by atoms with van der Waals surface area (Å²) in [5.74, 6) is -0.277. The van der Waals surface area contributed by atoms with Gasteiger partial charge in [0.05, 0.1) is 18.2 Å². The Hall–Kier alpha value is -3.81. The summed E-state index contributed by atoms with van der Waals surface area (Å²) in [7, 11) is 0. The molecule has 0 radical (unpaired) electrons. The van der Waals surface area contributed by atoms with E-state index in [2.05, 4.69) is 16.0 Å². The fraction of sp³-hybridized carbons (Fsp3) is 0.346. The molecule has 4 amide bonds. The molecule has 180 valence electrons. The van der Waals surface area contributed by atoms with E-state index in [1.807, 2.05) is 45.0 Å². The molecule has 3 rings (SSSR count). The number of allylic oxidation sites excluding steroid dienone is 1. The van der Waals surface area contributed by atoms with Crippen LogP contribution in [0.3, 0.4) is 0 Å². The van der Waals surface area contributed by atoms with Crippen LogP contribution in [0.15, 0.2) is 65.9 Å². The minimum absolute atomic E-state index is 0.184. The number of anilines is 2. The van der Waals surface area contributed by atoms with Crippen molar-refractivity contribution in [1.29, 1.82) is 0 Å². The minimum atomic E-state index is -0.695. The second-order valence-electron chi connectivity index (χ2n) is 8.60. The summed E-state index contributed by atoms with van der Waals surface area (Å²) in [5, 5.41) is 8.50. The number of urea groups is 2. The summed E-state index contributed by atoms with van der Waals surface area (Å²) < 4.78 is 5.53. The van der Waals surface area contributed by atoms with Gasteiger partial charge >= 0.3 is 18.0 Å². The lowest BCUT2D eigenvalue weighted by Crippen LogP contribution is -2.48. The molecule has 1 aliphatic heterocycles. The summed E-state index contributed by atoms with van der Waals surface area (Å²) in [6.45, 7) is 8.45. The van der Waals surface area contributed by atoms with Gasteiger partial charge in [0.25, 0.3) is 0 Å². The van der Waals surface area contributed by atoms with E-state index >= 15 is 0 Å². The number of hydrogen-bond acceptors (Lipinski definition) is 4. The van der Waals surface area contributed by atoms with E-state index in [1.165, 1.54) is 0 Å². The topological polar surface area (TPSA) is 99.8 Å². The number of carbonyl (C=O) groups excluding carboxylic acids is 3. The second kappa shape index (κ2) is 11.4. The highest BCUT2D eigenvalue weighted by atomic mass is 16.5. The molecule has 34 heavy (non-hydrogen) atoms. The Bertz CT molecular complexity index is 1070. The smallest absolute Gasteiger partial charge is 0.338 e. The minimum Gasteiger partial charge on any atom is -0.462 e. The van der Waals surface area contributed by atoms with Crippen molar-refractivity contribution in [3.05, 3.63) is 71.4 Å². The van der Waals surface area contributed by atoms with Crippen molar-refractivity contribution < 1.29 is 19.1 Å². The molecule has 8 heteroatoms. The lowest BCUT2D eigenvalue weighted by Gasteiger charge is -2.35. The standard InChI is InChI=1S/C26H32N4O4/c1-5-14-30-18(4)22(24(31)34-16-17(2)3)23(29-26(30)33)19-10-9-13-21(15-19)28-25(32)27-20-11-7-6-8-12-20/h6-13,15,17,23H,5,14,16H2,1-4H3,(H,29,33)(H2,27,28,32). The molecule has 0 fully saturated rings. The molecule has 1 unspecified atom stereocenters. The summed E-state index contributed by atoms with van der Waals surface area (Å²) in [6.07, 6.45) is 0.750. The molecule has 2 aromatic rings. The summed E-state index contributed by atoms with van der Waals surface area (Å²) in [4.78, 5) is 39.9. The molecule has 0 spiro atoms. The zero-order chi connectivity index (χ0) is 24.7. The zero-order valence-electron chi connectivity index (χ0n) is 20.1. The van der Waals surface area contributed by atoms with Crippen molar-refractivity contribution in [2.24, 2.45) is 5.92 Å². The highest BCUT2D eigenvalue weighted by Gasteiger charge is 2.36. The number of nitrogens with one attached hydrogen (secondary N) is 3. The normalized spacial score (nSPS) is 15.7. The van der Waals surface area contributed by atoms with E-state index in [4.69, 9.17) is 4.74 Å². The van der Waals surface area contributed by atoms with Crippen molar-refractivity contribution >= 4 is 29.4 Å². The van der Waals surface area contributed by atoms with Crippen molar-refractivity contribution in [3.8, 4) is 0 Å². The molecule has 1 atom stereocenters. The third-order valence-electron chi connectivity index (χ3n) is 5.32. The molecule has 0 aliphatic carbocycles. The van der Waals surface area contributed by atoms with Gasteiger partial charge in [-0.05, 0) is 49.1 Å². The predicted molar refractivity (Wildman–Crippen MR) is 132 cm³/mol. The first-order valence-corrected chi connectivity index (χ1v) is 11.5. The van der Waals surface area contributed by atoms with Gasteiger partial charge in [0.2, 0.25) is 0 Å². The van der Waals surface area contributed by atoms with Gasteiger partial charge in [0, 0.05) is 23.6 Å². The van der Waals surface area contributed by atoms with E-state index < -0.39 is 18.0 Å². The Kier molecular flexibility index (Phi) is 8.29. The number of benzene rings is 2. The van der Waals surface area contributed by atoms with Crippen LogP contribution in [0.1, 0.15) is 45.7 Å². The van der Waals surface area contributed by atoms with Crippen LogP contribution in [-0.2, 0) is 9.53 Å². The molecule has 1 aliphatic rings. The third-order valence-corrected chi connectivity index (χ3v) is 5.32. The molecule has 8 nitrogen and oxygen atoms in total. The summed E-state index contributed by atoms with van der Waals surface area (Å²) in [6, 6.07) is 14.8. The monoisotopic (exact) mass is 464 g/mol. The molecule has 0 saturated heterocycles. The molecule has 0 saturated carbocycles. The van der Waals surface area contributed by atoms with Gasteiger partial charge in [-0.2, -0.15) is 0 Å². The number of para-hydroxylation sites is 1. The number of rotatable bonds is 8.